The number of hydrogen-bond donors (Lipinski definition) is 1. The summed E-state index contributed by atoms with van der Waals surface area (Å²) in [5.74, 6) is -4.72. The summed E-state index contributed by atoms with van der Waals surface area (Å²) in [6.45, 7) is -0.914. The SMILES string of the molecule is COC(CN(Cc1cc(F)cc(F)c1)C(=O)c1cnn([C@H]2CC[C@H](C(=O)O)CC2)c1C(F)(F)F)c1c(Cl)cncc1Cl. The first kappa shape index (κ1) is 31.6. The van der Waals surface area contributed by atoms with Crippen molar-refractivity contribution in [2.45, 2.75) is 50.6 Å². The number of rotatable bonds is 9. The van der Waals surface area contributed by atoms with Gasteiger partial charge in [-0.15, -0.1) is 0 Å². The molecule has 1 aliphatic carbocycles. The topological polar surface area (TPSA) is 97.6 Å². The van der Waals surface area contributed by atoms with Gasteiger partial charge >= 0.3 is 12.1 Å². The van der Waals surface area contributed by atoms with Crippen molar-refractivity contribution in [3.63, 3.8) is 0 Å². The maximum atomic E-state index is 14.5. The molecule has 226 valence electrons. The molecule has 1 amide bonds. The zero-order valence-electron chi connectivity index (χ0n) is 22.0. The van der Waals surface area contributed by atoms with E-state index in [4.69, 9.17) is 27.9 Å². The van der Waals surface area contributed by atoms with Gasteiger partial charge in [0.15, 0.2) is 5.69 Å². The molecule has 1 N–H and O–H groups in total. The van der Waals surface area contributed by atoms with E-state index in [0.717, 1.165) is 27.9 Å². The number of alkyl halides is 3. The summed E-state index contributed by atoms with van der Waals surface area (Å²) in [7, 11) is 1.27. The molecule has 0 spiro atoms. The molecular formula is C27H25Cl2F5N4O4. The second-order valence-corrected chi connectivity index (χ2v) is 10.7. The molecule has 1 atom stereocenters. The Morgan fingerprint density at radius 2 is 1.67 bits per heavy atom. The van der Waals surface area contributed by atoms with Crippen LogP contribution in [0.5, 0.6) is 0 Å². The Morgan fingerprint density at radius 1 is 1.07 bits per heavy atom. The Labute approximate surface area is 247 Å². The fourth-order valence-corrected chi connectivity index (χ4v) is 5.78. The summed E-state index contributed by atoms with van der Waals surface area (Å²) < 4.78 is 77.6. The monoisotopic (exact) mass is 634 g/mol. The number of carbonyl (C=O) groups excluding carboxylic acids is 1. The van der Waals surface area contributed by atoms with Gasteiger partial charge in [0.25, 0.3) is 5.91 Å². The number of halogens is 7. The van der Waals surface area contributed by atoms with Gasteiger partial charge < -0.3 is 14.7 Å². The van der Waals surface area contributed by atoms with Crippen molar-refractivity contribution in [3.8, 4) is 0 Å². The lowest BCUT2D eigenvalue weighted by Crippen LogP contribution is -2.36. The summed E-state index contributed by atoms with van der Waals surface area (Å²) in [6.07, 6.45) is -2.20. The number of nitrogens with zero attached hydrogens (tertiary/aromatic N) is 4. The maximum absolute atomic E-state index is 14.5. The van der Waals surface area contributed by atoms with E-state index in [1.165, 1.54) is 19.5 Å². The summed E-state index contributed by atoms with van der Waals surface area (Å²) >= 11 is 12.5. The number of aliphatic carboxylic acids is 1. The third kappa shape index (κ3) is 7.01. The summed E-state index contributed by atoms with van der Waals surface area (Å²) in [6, 6.07) is 1.74. The molecular weight excluding hydrogens is 610 g/mol. The lowest BCUT2D eigenvalue weighted by atomic mass is 9.86. The number of carboxylic acids is 1. The van der Waals surface area contributed by atoms with Crippen LogP contribution in [-0.4, -0.2) is 50.3 Å². The number of aromatic nitrogens is 3. The number of methoxy groups -OCH3 is 1. The van der Waals surface area contributed by atoms with Crippen LogP contribution in [0.25, 0.3) is 0 Å². The molecule has 4 rings (SSSR count). The summed E-state index contributed by atoms with van der Waals surface area (Å²) in [5, 5.41) is 13.3. The molecule has 8 nitrogen and oxygen atoms in total. The number of amides is 1. The van der Waals surface area contributed by atoms with E-state index < -0.39 is 72.1 Å². The van der Waals surface area contributed by atoms with E-state index in [0.29, 0.717) is 6.07 Å². The summed E-state index contributed by atoms with van der Waals surface area (Å²) in [5.41, 5.74) is -1.92. The van der Waals surface area contributed by atoms with Crippen LogP contribution in [0.1, 0.15) is 65.0 Å². The zero-order chi connectivity index (χ0) is 30.8. The van der Waals surface area contributed by atoms with Gasteiger partial charge in [0.1, 0.15) is 17.7 Å². The predicted molar refractivity (Wildman–Crippen MR) is 141 cm³/mol. The Morgan fingerprint density at radius 3 is 2.19 bits per heavy atom. The van der Waals surface area contributed by atoms with Crippen molar-refractivity contribution in [2.75, 3.05) is 13.7 Å². The van der Waals surface area contributed by atoms with E-state index in [1.807, 2.05) is 0 Å². The van der Waals surface area contributed by atoms with Gasteiger partial charge in [-0.3, -0.25) is 19.3 Å². The van der Waals surface area contributed by atoms with Crippen molar-refractivity contribution in [2.24, 2.45) is 5.92 Å². The highest BCUT2D eigenvalue weighted by Gasteiger charge is 2.43. The number of carboxylic acid groups (broad SMARTS) is 1. The average molecular weight is 635 g/mol. The van der Waals surface area contributed by atoms with Crippen LogP contribution in [-0.2, 0) is 22.3 Å². The van der Waals surface area contributed by atoms with Crippen LogP contribution >= 0.6 is 23.2 Å². The molecule has 3 aromatic rings. The van der Waals surface area contributed by atoms with Crippen LogP contribution in [0.15, 0.2) is 36.8 Å². The second kappa shape index (κ2) is 12.9. The van der Waals surface area contributed by atoms with Crippen molar-refractivity contribution in [1.82, 2.24) is 19.7 Å². The molecule has 1 aliphatic rings. The third-order valence-electron chi connectivity index (χ3n) is 7.15. The van der Waals surface area contributed by atoms with Crippen LogP contribution in [0, 0.1) is 17.6 Å². The molecule has 42 heavy (non-hydrogen) atoms. The minimum atomic E-state index is -5.01. The highest BCUT2D eigenvalue weighted by atomic mass is 35.5. The Balaban J connectivity index is 1.74. The molecule has 1 unspecified atom stereocenters. The van der Waals surface area contributed by atoms with Gasteiger partial charge in [-0.2, -0.15) is 18.3 Å². The molecule has 0 radical (unpaired) electrons. The molecule has 0 bridgehead atoms. The number of hydrogen-bond acceptors (Lipinski definition) is 5. The van der Waals surface area contributed by atoms with E-state index in [2.05, 4.69) is 10.1 Å². The number of ether oxygens (including phenoxy) is 1. The van der Waals surface area contributed by atoms with Gasteiger partial charge in [0, 0.05) is 37.7 Å². The fraction of sp³-hybridized carbons (Fsp3) is 0.407. The van der Waals surface area contributed by atoms with Crippen LogP contribution in [0.3, 0.4) is 0 Å². The van der Waals surface area contributed by atoms with Crippen molar-refractivity contribution >= 4 is 35.1 Å². The Bertz CT molecular complexity index is 1420. The molecule has 15 heteroatoms. The van der Waals surface area contributed by atoms with E-state index in [9.17, 15) is 36.6 Å². The number of pyridine rings is 1. The summed E-state index contributed by atoms with van der Waals surface area (Å²) in [4.78, 5) is 30.0. The highest BCUT2D eigenvalue weighted by molar-refractivity contribution is 6.35. The van der Waals surface area contributed by atoms with Crippen LogP contribution in [0.2, 0.25) is 10.0 Å². The van der Waals surface area contributed by atoms with Gasteiger partial charge in [-0.25, -0.2) is 8.78 Å². The average Bonchev–Trinajstić information content (AvgIpc) is 3.37. The third-order valence-corrected chi connectivity index (χ3v) is 7.75. The Hall–Kier alpha value is -3.29. The van der Waals surface area contributed by atoms with Crippen molar-refractivity contribution < 1.29 is 41.4 Å². The first-order valence-corrected chi connectivity index (χ1v) is 13.5. The molecule has 0 aliphatic heterocycles. The first-order valence-electron chi connectivity index (χ1n) is 12.7. The van der Waals surface area contributed by atoms with Gasteiger partial charge in [-0.1, -0.05) is 23.2 Å². The normalized spacial score (nSPS) is 18.1. The molecule has 1 aromatic carbocycles. The van der Waals surface area contributed by atoms with E-state index in [-0.39, 0.29) is 46.9 Å². The Kier molecular flexibility index (Phi) is 9.74. The van der Waals surface area contributed by atoms with Crippen molar-refractivity contribution in [1.29, 1.82) is 0 Å². The largest absolute Gasteiger partial charge is 0.481 e. The van der Waals surface area contributed by atoms with E-state index in [1.54, 1.807) is 0 Å². The quantitative estimate of drug-likeness (QED) is 0.262. The lowest BCUT2D eigenvalue weighted by molar-refractivity contribution is -0.147. The molecule has 2 aromatic heterocycles. The maximum Gasteiger partial charge on any atom is 0.433 e. The van der Waals surface area contributed by atoms with E-state index >= 15 is 0 Å². The molecule has 2 heterocycles. The van der Waals surface area contributed by atoms with Gasteiger partial charge in [0.2, 0.25) is 0 Å². The van der Waals surface area contributed by atoms with Crippen LogP contribution < -0.4 is 0 Å². The van der Waals surface area contributed by atoms with Gasteiger partial charge in [-0.05, 0) is 43.4 Å². The second-order valence-electron chi connectivity index (χ2n) is 9.90. The first-order chi connectivity index (χ1) is 19.8. The van der Waals surface area contributed by atoms with Crippen molar-refractivity contribution in [3.05, 3.63) is 80.9 Å². The molecule has 0 saturated heterocycles. The smallest absolute Gasteiger partial charge is 0.433 e. The standard InChI is InChI=1S/C27H25Cl2F5N4O4/c1-42-22(23-20(28)10-35-11-21(23)29)13-37(12-14-6-16(30)8-17(31)7-14)25(39)19-9-36-38(24(19)27(32,33)34)18-4-2-15(3-5-18)26(40)41/h6-11,15,18,22H,2-5,12-13H2,1H3,(H,40,41)/t15-,18-,22?. The lowest BCUT2D eigenvalue weighted by Gasteiger charge is -2.30. The zero-order valence-corrected chi connectivity index (χ0v) is 23.6. The van der Waals surface area contributed by atoms with Crippen LogP contribution in [0.4, 0.5) is 22.0 Å². The minimum absolute atomic E-state index is 0.0319. The molecule has 1 saturated carbocycles. The predicted octanol–water partition coefficient (Wildman–Crippen LogP) is 6.73. The fourth-order valence-electron chi connectivity index (χ4n) is 5.17. The molecule has 1 fully saturated rings. The highest BCUT2D eigenvalue weighted by Crippen LogP contribution is 2.40. The van der Waals surface area contributed by atoms with Gasteiger partial charge in [0.05, 0.1) is 40.3 Å². The number of carbonyl (C=O) groups is 2. The minimum Gasteiger partial charge on any atom is -0.481 e. The number of benzene rings is 1.